The molecule has 6 heteroatoms. The van der Waals surface area contributed by atoms with Crippen LogP contribution < -0.4 is 9.47 Å². The molecule has 6 nitrogen and oxygen atoms in total. The smallest absolute Gasteiger partial charge is 0.310 e. The van der Waals surface area contributed by atoms with E-state index in [1.807, 2.05) is 31.2 Å². The van der Waals surface area contributed by atoms with Gasteiger partial charge in [0.1, 0.15) is 17.2 Å². The molecule has 2 aromatic carbocycles. The van der Waals surface area contributed by atoms with E-state index in [1.54, 1.807) is 38.5 Å². The summed E-state index contributed by atoms with van der Waals surface area (Å²) in [5, 5.41) is 10.3. The molecule has 1 aliphatic heterocycles. The van der Waals surface area contributed by atoms with Crippen molar-refractivity contribution in [1.82, 2.24) is 4.98 Å². The highest BCUT2D eigenvalue weighted by Gasteiger charge is 2.20. The van der Waals surface area contributed by atoms with Crippen molar-refractivity contribution in [2.45, 2.75) is 6.92 Å². The first-order valence-corrected chi connectivity index (χ1v) is 8.39. The van der Waals surface area contributed by atoms with E-state index in [0.717, 1.165) is 22.5 Å². The molecule has 3 aromatic rings. The monoisotopic (exact) mass is 362 g/mol. The van der Waals surface area contributed by atoms with Gasteiger partial charge in [-0.25, -0.2) is 4.98 Å². The zero-order valence-corrected chi connectivity index (χ0v) is 15.2. The van der Waals surface area contributed by atoms with Crippen LogP contribution in [-0.4, -0.2) is 30.0 Å². The van der Waals surface area contributed by atoms with Crippen molar-refractivity contribution in [3.05, 3.63) is 53.7 Å². The first-order valence-electron chi connectivity index (χ1n) is 8.39. The number of ether oxygens (including phenoxy) is 2. The maximum Gasteiger partial charge on any atom is 0.310 e. The molecule has 0 bridgehead atoms. The number of hydrogen-bond acceptors (Lipinski definition) is 6. The summed E-state index contributed by atoms with van der Waals surface area (Å²) >= 11 is 0. The average Bonchev–Trinajstić information content (AvgIpc) is 3.21. The SMILES string of the molecule is COc1cc(OC)cc(-c2nc(/C=C3\C(C)=Nc4ccccc43)c(O)o2)c1. The number of aromatic hydroxyl groups is 1. The van der Waals surface area contributed by atoms with Crippen LogP contribution in [0.3, 0.4) is 0 Å². The van der Waals surface area contributed by atoms with Crippen LogP contribution in [0.2, 0.25) is 0 Å². The third-order valence-corrected chi connectivity index (χ3v) is 4.39. The molecule has 1 N–H and O–H groups in total. The summed E-state index contributed by atoms with van der Waals surface area (Å²) in [6, 6.07) is 13.1. The van der Waals surface area contributed by atoms with E-state index >= 15 is 0 Å². The lowest BCUT2D eigenvalue weighted by Crippen LogP contribution is -1.91. The summed E-state index contributed by atoms with van der Waals surface area (Å²) in [5.74, 6) is 1.23. The quantitative estimate of drug-likeness (QED) is 0.727. The molecule has 0 amide bonds. The Balaban J connectivity index is 1.76. The van der Waals surface area contributed by atoms with Gasteiger partial charge in [0.25, 0.3) is 0 Å². The number of allylic oxidation sites excluding steroid dienone is 1. The van der Waals surface area contributed by atoms with E-state index in [-0.39, 0.29) is 11.8 Å². The highest BCUT2D eigenvalue weighted by molar-refractivity contribution is 6.31. The van der Waals surface area contributed by atoms with E-state index < -0.39 is 0 Å². The van der Waals surface area contributed by atoms with Gasteiger partial charge in [0, 0.05) is 28.5 Å². The number of aliphatic imine (C=N–C) groups is 1. The van der Waals surface area contributed by atoms with E-state index in [4.69, 9.17) is 13.9 Å². The van der Waals surface area contributed by atoms with Crippen LogP contribution in [-0.2, 0) is 0 Å². The minimum Gasteiger partial charge on any atom is -0.497 e. The van der Waals surface area contributed by atoms with Crippen LogP contribution in [0.25, 0.3) is 23.1 Å². The van der Waals surface area contributed by atoms with Gasteiger partial charge in [-0.15, -0.1) is 0 Å². The number of hydrogen-bond donors (Lipinski definition) is 1. The van der Waals surface area contributed by atoms with Gasteiger partial charge in [0.2, 0.25) is 5.89 Å². The van der Waals surface area contributed by atoms with Gasteiger partial charge in [-0.2, -0.15) is 0 Å². The Morgan fingerprint density at radius 1 is 1.04 bits per heavy atom. The molecule has 0 atom stereocenters. The van der Waals surface area contributed by atoms with Crippen molar-refractivity contribution in [3.63, 3.8) is 0 Å². The van der Waals surface area contributed by atoms with Crippen molar-refractivity contribution in [3.8, 4) is 28.9 Å². The van der Waals surface area contributed by atoms with E-state index in [0.29, 0.717) is 22.8 Å². The number of nitrogens with zero attached hydrogens (tertiary/aromatic N) is 2. The summed E-state index contributed by atoms with van der Waals surface area (Å²) in [7, 11) is 3.14. The van der Waals surface area contributed by atoms with Crippen LogP contribution in [0, 0.1) is 0 Å². The highest BCUT2D eigenvalue weighted by Crippen LogP contribution is 2.38. The van der Waals surface area contributed by atoms with Crippen LogP contribution in [0.1, 0.15) is 18.2 Å². The van der Waals surface area contributed by atoms with E-state index in [1.165, 1.54) is 0 Å². The number of benzene rings is 2. The van der Waals surface area contributed by atoms with E-state index in [9.17, 15) is 5.11 Å². The summed E-state index contributed by atoms with van der Waals surface area (Å²) in [5.41, 5.74) is 4.66. The first kappa shape index (κ1) is 16.9. The molecule has 27 heavy (non-hydrogen) atoms. The lowest BCUT2D eigenvalue weighted by Gasteiger charge is -2.05. The predicted octanol–water partition coefficient (Wildman–Crippen LogP) is 4.71. The minimum atomic E-state index is -0.253. The molecule has 136 valence electrons. The Hall–Kier alpha value is -3.54. The fourth-order valence-electron chi connectivity index (χ4n) is 3.03. The number of methoxy groups -OCH3 is 2. The van der Waals surface area contributed by atoms with Crippen LogP contribution >= 0.6 is 0 Å². The molecule has 0 radical (unpaired) electrons. The average molecular weight is 362 g/mol. The van der Waals surface area contributed by atoms with Gasteiger partial charge >= 0.3 is 5.95 Å². The Morgan fingerprint density at radius 3 is 2.44 bits per heavy atom. The molecule has 1 aromatic heterocycles. The van der Waals surface area contributed by atoms with Gasteiger partial charge < -0.3 is 19.0 Å². The first-order chi connectivity index (χ1) is 13.1. The Morgan fingerprint density at radius 2 is 1.74 bits per heavy atom. The van der Waals surface area contributed by atoms with Crippen molar-refractivity contribution in [2.24, 2.45) is 4.99 Å². The van der Waals surface area contributed by atoms with Gasteiger partial charge in [0.15, 0.2) is 0 Å². The van der Waals surface area contributed by atoms with Crippen LogP contribution in [0.5, 0.6) is 17.4 Å². The second-order valence-corrected chi connectivity index (χ2v) is 6.08. The van der Waals surface area contributed by atoms with Crippen LogP contribution in [0.4, 0.5) is 5.69 Å². The second-order valence-electron chi connectivity index (χ2n) is 6.08. The number of rotatable bonds is 4. The van der Waals surface area contributed by atoms with Gasteiger partial charge in [-0.1, -0.05) is 18.2 Å². The summed E-state index contributed by atoms with van der Waals surface area (Å²) in [4.78, 5) is 8.99. The Labute approximate surface area is 156 Å². The molecule has 0 saturated carbocycles. The molecule has 4 rings (SSSR count). The maximum absolute atomic E-state index is 10.3. The van der Waals surface area contributed by atoms with Crippen molar-refractivity contribution in [1.29, 1.82) is 0 Å². The number of fused-ring (bicyclic) bond motifs is 1. The molecular formula is C21H18N2O4. The number of para-hydroxylation sites is 1. The predicted molar refractivity (Wildman–Crippen MR) is 104 cm³/mol. The minimum absolute atomic E-state index is 0.253. The Kier molecular flexibility index (Phi) is 4.16. The summed E-state index contributed by atoms with van der Waals surface area (Å²) in [6.07, 6.45) is 1.78. The summed E-state index contributed by atoms with van der Waals surface area (Å²) in [6.45, 7) is 1.93. The second kappa shape index (κ2) is 6.64. The van der Waals surface area contributed by atoms with Crippen molar-refractivity contribution >= 4 is 23.0 Å². The fraction of sp³-hybridized carbons (Fsp3) is 0.143. The lowest BCUT2D eigenvalue weighted by molar-refractivity contribution is 0.336. The molecule has 0 unspecified atom stereocenters. The maximum atomic E-state index is 10.3. The van der Waals surface area contributed by atoms with E-state index in [2.05, 4.69) is 9.98 Å². The zero-order chi connectivity index (χ0) is 19.0. The molecule has 1 aliphatic rings. The molecular weight excluding hydrogens is 344 g/mol. The topological polar surface area (TPSA) is 77.1 Å². The number of oxazole rings is 1. The van der Waals surface area contributed by atoms with Crippen molar-refractivity contribution < 1.29 is 19.0 Å². The summed E-state index contributed by atoms with van der Waals surface area (Å²) < 4.78 is 16.0. The fourth-order valence-corrected chi connectivity index (χ4v) is 3.03. The van der Waals surface area contributed by atoms with Gasteiger partial charge in [-0.3, -0.25) is 4.99 Å². The van der Waals surface area contributed by atoms with Crippen molar-refractivity contribution in [2.75, 3.05) is 14.2 Å². The third-order valence-electron chi connectivity index (χ3n) is 4.39. The molecule has 2 heterocycles. The Bertz CT molecular complexity index is 1060. The third kappa shape index (κ3) is 3.06. The normalized spacial score (nSPS) is 14.2. The number of aromatic nitrogens is 1. The highest BCUT2D eigenvalue weighted by atomic mass is 16.5. The molecule has 0 fully saturated rings. The standard InChI is InChI=1S/C21H18N2O4/c1-12-17(16-6-4-5-7-18(16)22-12)11-19-21(24)27-20(23-19)13-8-14(25-2)10-15(9-13)26-3/h4-11,24H,1-3H3/b17-11+. The largest absolute Gasteiger partial charge is 0.497 e. The van der Waals surface area contributed by atoms with Gasteiger partial charge in [0.05, 0.1) is 19.9 Å². The zero-order valence-electron chi connectivity index (χ0n) is 15.2. The van der Waals surface area contributed by atoms with Crippen LogP contribution in [0.15, 0.2) is 51.9 Å². The molecule has 0 saturated heterocycles. The molecule has 0 aliphatic carbocycles. The lowest BCUT2D eigenvalue weighted by atomic mass is 10.0. The van der Waals surface area contributed by atoms with Gasteiger partial charge in [-0.05, 0) is 31.2 Å². The molecule has 0 spiro atoms.